The number of halogens is 3. The number of fused-ring (bicyclic) bond motifs is 1. The summed E-state index contributed by atoms with van der Waals surface area (Å²) in [7, 11) is 0. The molecule has 1 aromatic heterocycles. The maximum atomic E-state index is 12.7. The second-order valence-corrected chi connectivity index (χ2v) is 6.82. The van der Waals surface area contributed by atoms with Crippen LogP contribution in [0.2, 0.25) is 0 Å². The lowest BCUT2D eigenvalue weighted by Gasteiger charge is -2.15. The lowest BCUT2D eigenvalue weighted by Crippen LogP contribution is -2.33. The Morgan fingerprint density at radius 1 is 1.18 bits per heavy atom. The van der Waals surface area contributed by atoms with Gasteiger partial charge < -0.3 is 10.6 Å². The largest absolute Gasteiger partial charge is 0.435 e. The minimum absolute atomic E-state index is 0.0991. The monoisotopic (exact) mass is 390 g/mol. The zero-order valence-corrected chi connectivity index (χ0v) is 15.5. The molecule has 0 saturated heterocycles. The van der Waals surface area contributed by atoms with Crippen LogP contribution >= 0.6 is 0 Å². The van der Waals surface area contributed by atoms with Crippen molar-refractivity contribution in [3.05, 3.63) is 59.9 Å². The number of carbonyl (C=O) groups is 1. The van der Waals surface area contributed by atoms with E-state index in [1.54, 1.807) is 6.92 Å². The van der Waals surface area contributed by atoms with E-state index in [0.717, 1.165) is 16.8 Å². The molecular formula is C20H21F3N4O. The van der Waals surface area contributed by atoms with Crippen molar-refractivity contribution in [3.8, 4) is 0 Å². The number of urea groups is 1. The summed E-state index contributed by atoms with van der Waals surface area (Å²) in [6, 6.07) is 14.0. The van der Waals surface area contributed by atoms with E-state index < -0.39 is 11.9 Å². The van der Waals surface area contributed by atoms with Gasteiger partial charge in [0.15, 0.2) is 5.69 Å². The minimum Gasteiger partial charge on any atom is -0.338 e. The number of anilines is 1. The van der Waals surface area contributed by atoms with Crippen LogP contribution in [0.3, 0.4) is 0 Å². The first-order valence-corrected chi connectivity index (χ1v) is 8.88. The number of carbonyl (C=O) groups excluding carboxylic acids is 1. The molecule has 3 rings (SSSR count). The van der Waals surface area contributed by atoms with Crippen molar-refractivity contribution in [1.82, 2.24) is 15.1 Å². The smallest absolute Gasteiger partial charge is 0.338 e. The zero-order chi connectivity index (χ0) is 20.3. The number of alkyl halides is 3. The molecule has 0 aliphatic carbocycles. The first-order chi connectivity index (χ1) is 13.2. The summed E-state index contributed by atoms with van der Waals surface area (Å²) in [4.78, 5) is 12.2. The number of amides is 2. The molecule has 0 spiro atoms. The third-order valence-electron chi connectivity index (χ3n) is 4.41. The van der Waals surface area contributed by atoms with Crippen LogP contribution in [0, 0.1) is 12.8 Å². The molecule has 0 saturated carbocycles. The molecule has 2 aromatic carbocycles. The van der Waals surface area contributed by atoms with Crippen molar-refractivity contribution >= 4 is 22.5 Å². The SMILES string of the molecule is Cc1cc(C(F)(F)F)nn1C[C@@H](C)CNC(=O)Nc1cccc2ccccc12. The second-order valence-electron chi connectivity index (χ2n) is 6.82. The molecule has 5 nitrogen and oxygen atoms in total. The Labute approximate surface area is 160 Å². The van der Waals surface area contributed by atoms with Gasteiger partial charge in [0.1, 0.15) is 0 Å². The van der Waals surface area contributed by atoms with E-state index in [1.165, 1.54) is 4.68 Å². The van der Waals surface area contributed by atoms with E-state index in [-0.39, 0.29) is 18.5 Å². The molecule has 0 radical (unpaired) electrons. The summed E-state index contributed by atoms with van der Waals surface area (Å²) in [6.45, 7) is 4.00. The van der Waals surface area contributed by atoms with Crippen LogP contribution in [0.1, 0.15) is 18.3 Å². The fourth-order valence-corrected chi connectivity index (χ4v) is 2.96. The summed E-state index contributed by atoms with van der Waals surface area (Å²) in [5.74, 6) is -0.0991. The molecule has 1 heterocycles. The quantitative estimate of drug-likeness (QED) is 0.656. The van der Waals surface area contributed by atoms with E-state index >= 15 is 0 Å². The fraction of sp³-hybridized carbons (Fsp3) is 0.300. The van der Waals surface area contributed by atoms with Gasteiger partial charge in [0, 0.05) is 24.2 Å². The van der Waals surface area contributed by atoms with Crippen LogP contribution in [-0.2, 0) is 12.7 Å². The average molecular weight is 390 g/mol. The van der Waals surface area contributed by atoms with Crippen LogP contribution in [0.4, 0.5) is 23.7 Å². The number of hydrogen-bond donors (Lipinski definition) is 2. The number of aromatic nitrogens is 2. The highest BCUT2D eigenvalue weighted by Crippen LogP contribution is 2.28. The Balaban J connectivity index is 1.56. The van der Waals surface area contributed by atoms with Crippen molar-refractivity contribution < 1.29 is 18.0 Å². The number of benzene rings is 2. The third kappa shape index (κ3) is 4.62. The number of aryl methyl sites for hydroxylation is 1. The number of hydrogen-bond acceptors (Lipinski definition) is 2. The average Bonchev–Trinajstić information content (AvgIpc) is 3.01. The van der Waals surface area contributed by atoms with Gasteiger partial charge in [-0.3, -0.25) is 4.68 Å². The molecule has 2 N–H and O–H groups in total. The van der Waals surface area contributed by atoms with Crippen molar-refractivity contribution in [3.63, 3.8) is 0 Å². The summed E-state index contributed by atoms with van der Waals surface area (Å²) >= 11 is 0. The minimum atomic E-state index is -4.46. The van der Waals surface area contributed by atoms with Gasteiger partial charge in [0.25, 0.3) is 0 Å². The van der Waals surface area contributed by atoms with E-state index in [1.807, 2.05) is 49.4 Å². The molecular weight excluding hydrogens is 369 g/mol. The highest BCUT2D eigenvalue weighted by molar-refractivity contribution is 6.01. The first-order valence-electron chi connectivity index (χ1n) is 8.88. The number of nitrogens with zero attached hydrogens (tertiary/aromatic N) is 2. The van der Waals surface area contributed by atoms with E-state index in [0.29, 0.717) is 17.9 Å². The van der Waals surface area contributed by atoms with E-state index in [4.69, 9.17) is 0 Å². The van der Waals surface area contributed by atoms with Gasteiger partial charge in [-0.05, 0) is 30.4 Å². The summed E-state index contributed by atoms with van der Waals surface area (Å²) in [5, 5.41) is 11.1. The molecule has 0 unspecified atom stereocenters. The van der Waals surface area contributed by atoms with Gasteiger partial charge in [0.05, 0.1) is 5.69 Å². The van der Waals surface area contributed by atoms with Crippen molar-refractivity contribution in [2.24, 2.45) is 5.92 Å². The van der Waals surface area contributed by atoms with Gasteiger partial charge in [-0.15, -0.1) is 0 Å². The van der Waals surface area contributed by atoms with Crippen molar-refractivity contribution in [1.29, 1.82) is 0 Å². The normalized spacial score (nSPS) is 12.8. The van der Waals surface area contributed by atoms with Crippen LogP contribution in [-0.4, -0.2) is 22.4 Å². The molecule has 2 amide bonds. The summed E-state index contributed by atoms with van der Waals surface area (Å²) in [5.41, 5.74) is 0.222. The first kappa shape index (κ1) is 19.7. The lowest BCUT2D eigenvalue weighted by atomic mass is 10.1. The standard InChI is InChI=1S/C20H21F3N4O/c1-13(12-27-14(2)10-18(26-27)20(21,22)23)11-24-19(28)25-17-9-5-7-15-6-3-4-8-16(15)17/h3-10,13H,11-12H2,1-2H3,(H2,24,25,28)/t13-/m0/s1. The predicted octanol–water partition coefficient (Wildman–Crippen LogP) is 4.82. The Kier molecular flexibility index (Phi) is 5.58. The van der Waals surface area contributed by atoms with Gasteiger partial charge >= 0.3 is 12.2 Å². The molecule has 28 heavy (non-hydrogen) atoms. The highest BCUT2D eigenvalue weighted by Gasteiger charge is 2.34. The van der Waals surface area contributed by atoms with Gasteiger partial charge in [-0.2, -0.15) is 18.3 Å². The van der Waals surface area contributed by atoms with Crippen molar-refractivity contribution in [2.45, 2.75) is 26.6 Å². The number of rotatable bonds is 5. The van der Waals surface area contributed by atoms with Crippen molar-refractivity contribution in [2.75, 3.05) is 11.9 Å². The Morgan fingerprint density at radius 3 is 2.61 bits per heavy atom. The van der Waals surface area contributed by atoms with Gasteiger partial charge in [-0.25, -0.2) is 4.79 Å². The molecule has 148 valence electrons. The maximum absolute atomic E-state index is 12.7. The maximum Gasteiger partial charge on any atom is 0.435 e. The van der Waals surface area contributed by atoms with Crippen LogP contribution in [0.25, 0.3) is 10.8 Å². The highest BCUT2D eigenvalue weighted by atomic mass is 19.4. The Bertz CT molecular complexity index is 976. The second kappa shape index (κ2) is 7.92. The molecule has 0 fully saturated rings. The Hall–Kier alpha value is -3.03. The van der Waals surface area contributed by atoms with E-state index in [9.17, 15) is 18.0 Å². The summed E-state index contributed by atoms with van der Waals surface area (Å²) in [6.07, 6.45) is -4.46. The summed E-state index contributed by atoms with van der Waals surface area (Å²) < 4.78 is 39.6. The topological polar surface area (TPSA) is 59.0 Å². The van der Waals surface area contributed by atoms with Crippen LogP contribution in [0.5, 0.6) is 0 Å². The van der Waals surface area contributed by atoms with Gasteiger partial charge in [0.2, 0.25) is 0 Å². The Morgan fingerprint density at radius 2 is 1.89 bits per heavy atom. The fourth-order valence-electron chi connectivity index (χ4n) is 2.96. The zero-order valence-electron chi connectivity index (χ0n) is 15.5. The van der Waals surface area contributed by atoms with Crippen LogP contribution in [0.15, 0.2) is 48.5 Å². The third-order valence-corrected chi connectivity index (χ3v) is 4.41. The lowest BCUT2D eigenvalue weighted by molar-refractivity contribution is -0.141. The predicted molar refractivity (Wildman–Crippen MR) is 102 cm³/mol. The number of nitrogens with one attached hydrogen (secondary N) is 2. The molecule has 1 atom stereocenters. The van der Waals surface area contributed by atoms with Crippen LogP contribution < -0.4 is 10.6 Å². The molecule has 8 heteroatoms. The van der Waals surface area contributed by atoms with Gasteiger partial charge in [-0.1, -0.05) is 43.3 Å². The molecule has 0 bridgehead atoms. The molecule has 0 aliphatic rings. The van der Waals surface area contributed by atoms with E-state index in [2.05, 4.69) is 15.7 Å². The molecule has 0 aliphatic heterocycles. The molecule has 3 aromatic rings.